The van der Waals surface area contributed by atoms with Gasteiger partial charge in [0, 0.05) is 16.0 Å². The van der Waals surface area contributed by atoms with Crippen molar-refractivity contribution in [2.24, 2.45) is 0 Å². The van der Waals surface area contributed by atoms with Gasteiger partial charge in [0.1, 0.15) is 19.0 Å². The fourth-order valence-electron chi connectivity index (χ4n) is 2.79. The lowest BCUT2D eigenvalue weighted by Gasteiger charge is -2.18. The van der Waals surface area contributed by atoms with Gasteiger partial charge in [-0.2, -0.15) is 5.10 Å². The average Bonchev–Trinajstić information content (AvgIpc) is 3.14. The van der Waals surface area contributed by atoms with Gasteiger partial charge in [0.15, 0.2) is 11.5 Å². The number of thioether (sulfide) groups is 1. The van der Waals surface area contributed by atoms with Crippen LogP contribution in [0.15, 0.2) is 59.6 Å². The Hall–Kier alpha value is -2.64. The SMILES string of the molecule is O=C(CSc1ccc2c(c1)OCCO2)Nc1ccnn1Cc1ccccc1Cl. The third-order valence-corrected chi connectivity index (χ3v) is 5.51. The van der Waals surface area contributed by atoms with Crippen molar-refractivity contribution in [1.82, 2.24) is 9.78 Å². The lowest BCUT2D eigenvalue weighted by atomic mass is 10.2. The molecule has 0 radical (unpaired) electrons. The standard InChI is InChI=1S/C20H18ClN3O3S/c21-16-4-2-1-3-14(16)12-24-19(7-8-22-24)23-20(25)13-28-15-5-6-17-18(11-15)27-10-9-26-17/h1-8,11H,9-10,12-13H2,(H,23,25). The number of fused-ring (bicyclic) bond motifs is 1. The molecular weight excluding hydrogens is 398 g/mol. The minimum absolute atomic E-state index is 0.110. The number of carbonyl (C=O) groups is 1. The number of ether oxygens (including phenoxy) is 2. The molecule has 3 aromatic rings. The molecule has 8 heteroatoms. The summed E-state index contributed by atoms with van der Waals surface area (Å²) in [5.74, 6) is 2.25. The van der Waals surface area contributed by atoms with E-state index in [1.165, 1.54) is 11.8 Å². The summed E-state index contributed by atoms with van der Waals surface area (Å²) >= 11 is 7.65. The Morgan fingerprint density at radius 2 is 1.96 bits per heavy atom. The highest BCUT2D eigenvalue weighted by molar-refractivity contribution is 8.00. The molecule has 1 N–H and O–H groups in total. The fourth-order valence-corrected chi connectivity index (χ4v) is 3.71. The summed E-state index contributed by atoms with van der Waals surface area (Å²) in [6.07, 6.45) is 1.65. The van der Waals surface area contributed by atoms with Gasteiger partial charge in [0.05, 0.1) is 18.5 Å². The van der Waals surface area contributed by atoms with Crippen LogP contribution in [0, 0.1) is 0 Å². The topological polar surface area (TPSA) is 65.4 Å². The van der Waals surface area contributed by atoms with Crippen LogP contribution in [-0.2, 0) is 11.3 Å². The molecule has 1 aliphatic heterocycles. The minimum Gasteiger partial charge on any atom is -0.486 e. The van der Waals surface area contributed by atoms with Crippen molar-refractivity contribution in [3.8, 4) is 11.5 Å². The summed E-state index contributed by atoms with van der Waals surface area (Å²) in [7, 11) is 0. The molecule has 4 rings (SSSR count). The molecule has 28 heavy (non-hydrogen) atoms. The van der Waals surface area contributed by atoms with E-state index in [9.17, 15) is 4.79 Å². The third-order valence-electron chi connectivity index (χ3n) is 4.15. The number of rotatable bonds is 6. The van der Waals surface area contributed by atoms with E-state index in [0.29, 0.717) is 30.6 Å². The van der Waals surface area contributed by atoms with Gasteiger partial charge in [0.25, 0.3) is 0 Å². The van der Waals surface area contributed by atoms with Gasteiger partial charge in [-0.25, -0.2) is 4.68 Å². The number of nitrogens with zero attached hydrogens (tertiary/aromatic N) is 2. The number of hydrogen-bond donors (Lipinski definition) is 1. The first kappa shape index (κ1) is 18.7. The van der Waals surface area contributed by atoms with Gasteiger partial charge < -0.3 is 14.8 Å². The van der Waals surface area contributed by atoms with Crippen LogP contribution in [0.2, 0.25) is 5.02 Å². The van der Waals surface area contributed by atoms with E-state index in [0.717, 1.165) is 22.0 Å². The summed E-state index contributed by atoms with van der Waals surface area (Å²) in [5, 5.41) is 7.85. The zero-order chi connectivity index (χ0) is 19.3. The Morgan fingerprint density at radius 1 is 1.14 bits per heavy atom. The van der Waals surface area contributed by atoms with E-state index in [1.54, 1.807) is 16.9 Å². The summed E-state index contributed by atoms with van der Waals surface area (Å²) < 4.78 is 12.8. The first-order valence-electron chi connectivity index (χ1n) is 8.76. The Morgan fingerprint density at radius 3 is 2.82 bits per heavy atom. The molecule has 0 aliphatic carbocycles. The molecule has 2 aromatic carbocycles. The van der Waals surface area contributed by atoms with E-state index < -0.39 is 0 Å². The Kier molecular flexibility index (Phi) is 5.73. The highest BCUT2D eigenvalue weighted by Gasteiger charge is 2.13. The highest BCUT2D eigenvalue weighted by atomic mass is 35.5. The van der Waals surface area contributed by atoms with Crippen molar-refractivity contribution < 1.29 is 14.3 Å². The van der Waals surface area contributed by atoms with Crippen molar-refractivity contribution in [1.29, 1.82) is 0 Å². The van der Waals surface area contributed by atoms with Gasteiger partial charge >= 0.3 is 0 Å². The summed E-state index contributed by atoms with van der Waals surface area (Å²) in [6, 6.07) is 15.0. The zero-order valence-electron chi connectivity index (χ0n) is 14.9. The monoisotopic (exact) mass is 415 g/mol. The number of anilines is 1. The summed E-state index contributed by atoms with van der Waals surface area (Å²) in [6.45, 7) is 1.58. The molecule has 0 bridgehead atoms. The fraction of sp³-hybridized carbons (Fsp3) is 0.200. The van der Waals surface area contributed by atoms with E-state index in [4.69, 9.17) is 21.1 Å². The molecule has 1 aromatic heterocycles. The zero-order valence-corrected chi connectivity index (χ0v) is 16.5. The second kappa shape index (κ2) is 8.58. The second-order valence-corrected chi connectivity index (χ2v) is 7.56. The molecule has 0 unspecified atom stereocenters. The van der Waals surface area contributed by atoms with E-state index in [1.807, 2.05) is 42.5 Å². The first-order chi connectivity index (χ1) is 13.7. The van der Waals surface area contributed by atoms with Crippen LogP contribution < -0.4 is 14.8 Å². The maximum absolute atomic E-state index is 12.4. The second-order valence-electron chi connectivity index (χ2n) is 6.11. The van der Waals surface area contributed by atoms with Crippen LogP contribution in [0.25, 0.3) is 0 Å². The van der Waals surface area contributed by atoms with Crippen molar-refractivity contribution in [3.63, 3.8) is 0 Å². The number of halogens is 1. The van der Waals surface area contributed by atoms with Gasteiger partial charge in [-0.1, -0.05) is 29.8 Å². The number of benzene rings is 2. The minimum atomic E-state index is -0.110. The highest BCUT2D eigenvalue weighted by Crippen LogP contribution is 2.34. The van der Waals surface area contributed by atoms with Gasteiger partial charge in [-0.05, 0) is 29.8 Å². The smallest absolute Gasteiger partial charge is 0.235 e. The lowest BCUT2D eigenvalue weighted by Crippen LogP contribution is -2.18. The number of amides is 1. The van der Waals surface area contributed by atoms with Crippen LogP contribution in [0.3, 0.4) is 0 Å². The van der Waals surface area contributed by atoms with E-state index >= 15 is 0 Å². The lowest BCUT2D eigenvalue weighted by molar-refractivity contribution is -0.113. The number of nitrogens with one attached hydrogen (secondary N) is 1. The third kappa shape index (κ3) is 4.43. The van der Waals surface area contributed by atoms with E-state index in [2.05, 4.69) is 10.4 Å². The quantitative estimate of drug-likeness (QED) is 0.614. The molecule has 2 heterocycles. The van der Waals surface area contributed by atoms with Crippen LogP contribution in [0.1, 0.15) is 5.56 Å². The van der Waals surface area contributed by atoms with Gasteiger partial charge in [-0.3, -0.25) is 4.79 Å². The molecule has 1 aliphatic rings. The van der Waals surface area contributed by atoms with Crippen LogP contribution in [0.5, 0.6) is 11.5 Å². The normalized spacial score (nSPS) is 12.6. The predicted octanol–water partition coefficient (Wildman–Crippen LogP) is 4.09. The number of carbonyl (C=O) groups excluding carboxylic acids is 1. The largest absolute Gasteiger partial charge is 0.486 e. The Balaban J connectivity index is 1.36. The summed E-state index contributed by atoms with van der Waals surface area (Å²) in [4.78, 5) is 13.3. The van der Waals surface area contributed by atoms with E-state index in [-0.39, 0.29) is 11.7 Å². The number of hydrogen-bond acceptors (Lipinski definition) is 5. The molecule has 0 saturated carbocycles. The van der Waals surface area contributed by atoms with Crippen LogP contribution >= 0.6 is 23.4 Å². The van der Waals surface area contributed by atoms with Crippen molar-refractivity contribution >= 4 is 35.1 Å². The molecule has 0 saturated heterocycles. The van der Waals surface area contributed by atoms with Crippen molar-refractivity contribution in [2.45, 2.75) is 11.4 Å². The molecule has 0 atom stereocenters. The average molecular weight is 416 g/mol. The molecule has 0 fully saturated rings. The Labute approximate surface area is 171 Å². The summed E-state index contributed by atoms with van der Waals surface area (Å²) in [5.41, 5.74) is 0.939. The molecule has 6 nitrogen and oxygen atoms in total. The van der Waals surface area contributed by atoms with Crippen molar-refractivity contribution in [3.05, 3.63) is 65.3 Å². The maximum atomic E-state index is 12.4. The predicted molar refractivity (Wildman–Crippen MR) is 110 cm³/mol. The number of aromatic nitrogens is 2. The van der Waals surface area contributed by atoms with Crippen LogP contribution in [-0.4, -0.2) is 34.7 Å². The molecule has 144 valence electrons. The van der Waals surface area contributed by atoms with Crippen LogP contribution in [0.4, 0.5) is 5.82 Å². The Bertz CT molecular complexity index is 992. The van der Waals surface area contributed by atoms with Crippen molar-refractivity contribution in [2.75, 3.05) is 24.3 Å². The first-order valence-corrected chi connectivity index (χ1v) is 10.1. The molecule has 1 amide bonds. The maximum Gasteiger partial charge on any atom is 0.235 e. The molecular formula is C20H18ClN3O3S. The van der Waals surface area contributed by atoms with Gasteiger partial charge in [-0.15, -0.1) is 11.8 Å². The van der Waals surface area contributed by atoms with Gasteiger partial charge in [0.2, 0.25) is 5.91 Å². The molecule has 0 spiro atoms.